The predicted octanol–water partition coefficient (Wildman–Crippen LogP) is 2.42. The molecule has 0 fully saturated rings. The molecule has 2 rings (SSSR count). The van der Waals surface area contributed by atoms with Crippen LogP contribution in [-0.4, -0.2) is 15.7 Å². The molecule has 0 saturated heterocycles. The Balaban J connectivity index is 2.00. The quantitative estimate of drug-likeness (QED) is 0.946. The van der Waals surface area contributed by atoms with Gasteiger partial charge in [0.05, 0.1) is 5.69 Å². The molecular weight excluding hydrogens is 294 g/mol. The SMILES string of the molecule is Cc1cc(C(=O)NCc2ccc(Br)cc2)n(C)n1. The molecule has 0 bridgehead atoms. The smallest absolute Gasteiger partial charge is 0.269 e. The zero-order valence-electron chi connectivity index (χ0n) is 10.3. The molecule has 18 heavy (non-hydrogen) atoms. The van der Waals surface area contributed by atoms with Crippen molar-refractivity contribution in [3.05, 3.63) is 51.8 Å². The van der Waals surface area contributed by atoms with E-state index in [9.17, 15) is 4.79 Å². The third kappa shape index (κ3) is 2.98. The van der Waals surface area contributed by atoms with E-state index in [1.54, 1.807) is 17.8 Å². The molecule has 0 radical (unpaired) electrons. The highest BCUT2D eigenvalue weighted by Gasteiger charge is 2.10. The number of aryl methyl sites for hydroxylation is 2. The van der Waals surface area contributed by atoms with Gasteiger partial charge in [-0.2, -0.15) is 5.10 Å². The number of nitrogens with one attached hydrogen (secondary N) is 1. The van der Waals surface area contributed by atoms with Crippen LogP contribution in [0.4, 0.5) is 0 Å². The number of halogens is 1. The lowest BCUT2D eigenvalue weighted by Crippen LogP contribution is -2.25. The van der Waals surface area contributed by atoms with Gasteiger partial charge in [-0.25, -0.2) is 0 Å². The summed E-state index contributed by atoms with van der Waals surface area (Å²) in [7, 11) is 1.77. The highest BCUT2D eigenvalue weighted by molar-refractivity contribution is 9.10. The van der Waals surface area contributed by atoms with Crippen LogP contribution in [0.3, 0.4) is 0 Å². The summed E-state index contributed by atoms with van der Waals surface area (Å²) >= 11 is 3.38. The van der Waals surface area contributed by atoms with Crippen LogP contribution in [-0.2, 0) is 13.6 Å². The average molecular weight is 308 g/mol. The molecule has 1 heterocycles. The fourth-order valence-electron chi connectivity index (χ4n) is 1.70. The molecule has 1 aromatic heterocycles. The fourth-order valence-corrected chi connectivity index (χ4v) is 1.96. The van der Waals surface area contributed by atoms with Gasteiger partial charge >= 0.3 is 0 Å². The van der Waals surface area contributed by atoms with Crippen LogP contribution in [0.15, 0.2) is 34.8 Å². The van der Waals surface area contributed by atoms with Gasteiger partial charge in [-0.15, -0.1) is 0 Å². The number of nitrogens with zero attached hydrogens (tertiary/aromatic N) is 2. The lowest BCUT2D eigenvalue weighted by molar-refractivity contribution is 0.0941. The van der Waals surface area contributed by atoms with Crippen LogP contribution in [0.2, 0.25) is 0 Å². The summed E-state index contributed by atoms with van der Waals surface area (Å²) in [5, 5.41) is 7.02. The van der Waals surface area contributed by atoms with E-state index in [0.29, 0.717) is 12.2 Å². The largest absolute Gasteiger partial charge is 0.347 e. The average Bonchev–Trinajstić information content (AvgIpc) is 2.67. The van der Waals surface area contributed by atoms with Crippen molar-refractivity contribution in [2.24, 2.45) is 7.05 Å². The van der Waals surface area contributed by atoms with Crippen LogP contribution in [0.5, 0.6) is 0 Å². The van der Waals surface area contributed by atoms with E-state index in [-0.39, 0.29) is 5.91 Å². The minimum atomic E-state index is -0.110. The number of carbonyl (C=O) groups excluding carboxylic acids is 1. The summed E-state index contributed by atoms with van der Waals surface area (Å²) in [6.45, 7) is 2.38. The highest BCUT2D eigenvalue weighted by atomic mass is 79.9. The molecule has 0 unspecified atom stereocenters. The first-order valence-electron chi connectivity index (χ1n) is 5.59. The van der Waals surface area contributed by atoms with Crippen LogP contribution < -0.4 is 5.32 Å². The van der Waals surface area contributed by atoms with E-state index in [4.69, 9.17) is 0 Å². The second-order valence-electron chi connectivity index (χ2n) is 4.10. The normalized spacial score (nSPS) is 10.4. The topological polar surface area (TPSA) is 46.9 Å². The first kappa shape index (κ1) is 12.8. The van der Waals surface area contributed by atoms with E-state index in [2.05, 4.69) is 26.3 Å². The number of benzene rings is 1. The fraction of sp³-hybridized carbons (Fsp3) is 0.231. The van der Waals surface area contributed by atoms with Crippen LogP contribution in [0, 0.1) is 6.92 Å². The Morgan fingerprint density at radius 2 is 2.06 bits per heavy atom. The molecule has 1 aromatic carbocycles. The van der Waals surface area contributed by atoms with E-state index < -0.39 is 0 Å². The molecule has 0 aliphatic heterocycles. The molecule has 1 amide bonds. The third-order valence-electron chi connectivity index (χ3n) is 2.60. The Morgan fingerprint density at radius 1 is 1.39 bits per heavy atom. The Morgan fingerprint density at radius 3 is 2.61 bits per heavy atom. The first-order valence-corrected chi connectivity index (χ1v) is 6.39. The van der Waals surface area contributed by atoms with Crippen LogP contribution in [0.1, 0.15) is 21.7 Å². The first-order chi connectivity index (χ1) is 8.56. The molecule has 2 aromatic rings. The van der Waals surface area contributed by atoms with Gasteiger partial charge in [-0.05, 0) is 30.7 Å². The molecule has 4 nitrogen and oxygen atoms in total. The van der Waals surface area contributed by atoms with Gasteiger partial charge in [0.2, 0.25) is 0 Å². The highest BCUT2D eigenvalue weighted by Crippen LogP contribution is 2.10. The van der Waals surface area contributed by atoms with Gasteiger partial charge in [0.15, 0.2) is 0 Å². The van der Waals surface area contributed by atoms with Crippen LogP contribution in [0.25, 0.3) is 0 Å². The van der Waals surface area contributed by atoms with Gasteiger partial charge in [0.1, 0.15) is 5.69 Å². The summed E-state index contributed by atoms with van der Waals surface area (Å²) in [5.41, 5.74) is 2.47. The van der Waals surface area contributed by atoms with Crippen molar-refractivity contribution in [1.82, 2.24) is 15.1 Å². The van der Waals surface area contributed by atoms with Crippen molar-refractivity contribution in [3.8, 4) is 0 Å². The second kappa shape index (κ2) is 5.35. The molecule has 1 N–H and O–H groups in total. The predicted molar refractivity (Wildman–Crippen MR) is 73.3 cm³/mol. The van der Waals surface area contributed by atoms with E-state index in [1.807, 2.05) is 31.2 Å². The molecule has 94 valence electrons. The van der Waals surface area contributed by atoms with Crippen molar-refractivity contribution in [2.75, 3.05) is 0 Å². The third-order valence-corrected chi connectivity index (χ3v) is 3.13. The van der Waals surface area contributed by atoms with Crippen molar-refractivity contribution >= 4 is 21.8 Å². The van der Waals surface area contributed by atoms with E-state index in [1.165, 1.54) is 0 Å². The number of aromatic nitrogens is 2. The number of hydrogen-bond acceptors (Lipinski definition) is 2. The van der Waals surface area contributed by atoms with Crippen molar-refractivity contribution in [2.45, 2.75) is 13.5 Å². The summed E-state index contributed by atoms with van der Waals surface area (Å²) in [6.07, 6.45) is 0. The number of amides is 1. The van der Waals surface area contributed by atoms with Crippen molar-refractivity contribution in [1.29, 1.82) is 0 Å². The summed E-state index contributed by atoms with van der Waals surface area (Å²) in [5.74, 6) is -0.110. The van der Waals surface area contributed by atoms with Gasteiger partial charge < -0.3 is 5.32 Å². The zero-order valence-corrected chi connectivity index (χ0v) is 11.9. The van der Waals surface area contributed by atoms with Gasteiger partial charge in [0, 0.05) is 18.1 Å². The standard InChI is InChI=1S/C13H14BrN3O/c1-9-7-12(17(2)16-9)13(18)15-8-10-3-5-11(14)6-4-10/h3-7H,8H2,1-2H3,(H,15,18). The summed E-state index contributed by atoms with van der Waals surface area (Å²) in [4.78, 5) is 11.9. The molecule has 0 aliphatic rings. The zero-order chi connectivity index (χ0) is 13.1. The molecule has 0 saturated carbocycles. The maximum Gasteiger partial charge on any atom is 0.269 e. The monoisotopic (exact) mass is 307 g/mol. The van der Waals surface area contributed by atoms with E-state index in [0.717, 1.165) is 15.7 Å². The lowest BCUT2D eigenvalue weighted by Gasteiger charge is -2.05. The Bertz CT molecular complexity index is 560. The van der Waals surface area contributed by atoms with Gasteiger partial charge in [-0.3, -0.25) is 9.48 Å². The minimum absolute atomic E-state index is 0.110. The number of hydrogen-bond donors (Lipinski definition) is 1. The Hall–Kier alpha value is -1.62. The van der Waals surface area contributed by atoms with E-state index >= 15 is 0 Å². The van der Waals surface area contributed by atoms with Gasteiger partial charge in [0.25, 0.3) is 5.91 Å². The Labute approximate surface area is 114 Å². The summed E-state index contributed by atoms with van der Waals surface area (Å²) in [6, 6.07) is 9.63. The molecule has 0 aliphatic carbocycles. The minimum Gasteiger partial charge on any atom is -0.347 e. The number of rotatable bonds is 3. The van der Waals surface area contributed by atoms with Gasteiger partial charge in [-0.1, -0.05) is 28.1 Å². The molecule has 0 atom stereocenters. The molecular formula is C13H14BrN3O. The maximum absolute atomic E-state index is 11.9. The maximum atomic E-state index is 11.9. The summed E-state index contributed by atoms with van der Waals surface area (Å²) < 4.78 is 2.62. The van der Waals surface area contributed by atoms with Crippen molar-refractivity contribution in [3.63, 3.8) is 0 Å². The second-order valence-corrected chi connectivity index (χ2v) is 5.02. The van der Waals surface area contributed by atoms with Crippen LogP contribution >= 0.6 is 15.9 Å². The molecule has 5 heteroatoms. The lowest BCUT2D eigenvalue weighted by atomic mass is 10.2. The number of carbonyl (C=O) groups is 1. The molecule has 0 spiro atoms. The van der Waals surface area contributed by atoms with Crippen molar-refractivity contribution < 1.29 is 4.79 Å². The Kier molecular flexibility index (Phi) is 3.81.